The van der Waals surface area contributed by atoms with Gasteiger partial charge in [-0.05, 0) is 49.8 Å². The Labute approximate surface area is 189 Å². The molecular weight excluding hydrogens is 418 g/mol. The van der Waals surface area contributed by atoms with Crippen LogP contribution >= 0.6 is 0 Å². The summed E-state index contributed by atoms with van der Waals surface area (Å²) >= 11 is 0. The van der Waals surface area contributed by atoms with Crippen molar-refractivity contribution in [3.05, 3.63) is 71.5 Å². The van der Waals surface area contributed by atoms with Crippen LogP contribution in [0, 0.1) is 0 Å². The molecule has 0 bridgehead atoms. The number of rotatable bonds is 6. The molecular formula is C25H23N5O3. The molecule has 0 aliphatic carbocycles. The molecule has 4 aromatic rings. The fourth-order valence-corrected chi connectivity index (χ4v) is 4.43. The van der Waals surface area contributed by atoms with Gasteiger partial charge in [0.2, 0.25) is 0 Å². The average Bonchev–Trinajstić information content (AvgIpc) is 3.49. The van der Waals surface area contributed by atoms with Crippen LogP contribution in [0.3, 0.4) is 0 Å². The number of carbonyl (C=O) groups is 3. The smallest absolute Gasteiger partial charge is 0.275 e. The number of likely N-dealkylation sites (N-methyl/N-ethyl adjacent to an activating group) is 1. The van der Waals surface area contributed by atoms with E-state index >= 15 is 0 Å². The molecule has 0 saturated carbocycles. The number of fused-ring (bicyclic) bond motifs is 2. The number of aromatic amines is 1. The highest BCUT2D eigenvalue weighted by Crippen LogP contribution is 2.35. The maximum absolute atomic E-state index is 13.0. The Balaban J connectivity index is 1.76. The number of hydrogen-bond donors (Lipinski definition) is 4. The van der Waals surface area contributed by atoms with Crippen molar-refractivity contribution in [2.45, 2.75) is 6.42 Å². The molecule has 3 heterocycles. The standard InChI is InChI=1S/C25H23N5O3/c1-26-10-9-15-13-30(20-6-4-3-5-16(15)20)22-21(24(32)29-25(22)33)18-12-28-19-8-7-14(11-17(18)19)23(31)27-2/h3-8,11-13,26,28H,9-10H2,1-2H3,(H,27,31)(H,29,32,33). The number of hydrogen-bond acceptors (Lipinski definition) is 4. The summed E-state index contributed by atoms with van der Waals surface area (Å²) in [6.07, 6.45) is 4.42. The Morgan fingerprint density at radius 3 is 2.64 bits per heavy atom. The highest BCUT2D eigenvalue weighted by atomic mass is 16.2. The van der Waals surface area contributed by atoms with Crippen LogP contribution in [0.2, 0.25) is 0 Å². The second-order valence-corrected chi connectivity index (χ2v) is 7.94. The van der Waals surface area contributed by atoms with Gasteiger partial charge in [-0.2, -0.15) is 0 Å². The van der Waals surface area contributed by atoms with E-state index in [4.69, 9.17) is 0 Å². The lowest BCUT2D eigenvalue weighted by atomic mass is 10.0. The van der Waals surface area contributed by atoms with E-state index in [-0.39, 0.29) is 17.2 Å². The zero-order valence-electron chi connectivity index (χ0n) is 18.3. The number of H-pyrrole nitrogens is 1. The van der Waals surface area contributed by atoms with E-state index in [9.17, 15) is 14.4 Å². The Morgan fingerprint density at radius 1 is 1.03 bits per heavy atom. The van der Waals surface area contributed by atoms with Gasteiger partial charge >= 0.3 is 0 Å². The lowest BCUT2D eigenvalue weighted by Crippen LogP contribution is -2.23. The van der Waals surface area contributed by atoms with Crippen LogP contribution in [0.4, 0.5) is 0 Å². The van der Waals surface area contributed by atoms with E-state index in [0.29, 0.717) is 16.5 Å². The topological polar surface area (TPSA) is 108 Å². The maximum Gasteiger partial charge on any atom is 0.275 e. The molecule has 0 spiro atoms. The number of imide groups is 1. The normalized spacial score (nSPS) is 13.9. The van der Waals surface area contributed by atoms with Gasteiger partial charge in [-0.1, -0.05) is 18.2 Å². The van der Waals surface area contributed by atoms with Crippen molar-refractivity contribution < 1.29 is 14.4 Å². The zero-order valence-corrected chi connectivity index (χ0v) is 18.3. The van der Waals surface area contributed by atoms with Gasteiger partial charge in [0, 0.05) is 46.9 Å². The number of carbonyl (C=O) groups excluding carboxylic acids is 3. The van der Waals surface area contributed by atoms with Gasteiger partial charge < -0.3 is 20.2 Å². The first-order chi connectivity index (χ1) is 16.0. The van der Waals surface area contributed by atoms with Gasteiger partial charge in [0.1, 0.15) is 5.70 Å². The quantitative estimate of drug-likeness (QED) is 0.344. The number of amides is 3. The van der Waals surface area contributed by atoms with Crippen molar-refractivity contribution >= 4 is 50.8 Å². The molecule has 3 amide bonds. The van der Waals surface area contributed by atoms with E-state index in [1.54, 1.807) is 36.0 Å². The summed E-state index contributed by atoms with van der Waals surface area (Å²) < 4.78 is 1.80. The zero-order chi connectivity index (χ0) is 23.1. The molecule has 1 aliphatic heterocycles. The van der Waals surface area contributed by atoms with E-state index in [0.717, 1.165) is 34.9 Å². The Kier molecular flexibility index (Phi) is 5.07. The van der Waals surface area contributed by atoms with E-state index in [2.05, 4.69) is 20.9 Å². The molecule has 0 saturated heterocycles. The van der Waals surface area contributed by atoms with Crippen LogP contribution in [0.1, 0.15) is 21.5 Å². The fourth-order valence-electron chi connectivity index (χ4n) is 4.43. The lowest BCUT2D eigenvalue weighted by Gasteiger charge is -2.07. The summed E-state index contributed by atoms with van der Waals surface area (Å²) in [7, 11) is 3.46. The van der Waals surface area contributed by atoms with Crippen molar-refractivity contribution in [2.75, 3.05) is 20.6 Å². The van der Waals surface area contributed by atoms with Crippen LogP contribution in [0.15, 0.2) is 54.9 Å². The highest BCUT2D eigenvalue weighted by molar-refractivity contribution is 6.47. The number of para-hydroxylation sites is 1. The number of nitrogens with zero attached hydrogens (tertiary/aromatic N) is 1. The molecule has 2 aromatic carbocycles. The van der Waals surface area contributed by atoms with Crippen LogP contribution in [0.5, 0.6) is 0 Å². The van der Waals surface area contributed by atoms with Gasteiger partial charge in [-0.3, -0.25) is 19.7 Å². The minimum absolute atomic E-state index is 0.226. The number of benzene rings is 2. The maximum atomic E-state index is 13.0. The van der Waals surface area contributed by atoms with Crippen LogP contribution in [0.25, 0.3) is 33.1 Å². The predicted octanol–water partition coefficient (Wildman–Crippen LogP) is 2.27. The lowest BCUT2D eigenvalue weighted by molar-refractivity contribution is -0.122. The SMILES string of the molecule is CNCCc1cn(C2=C(c3c[nH]c4ccc(C(=O)NC)cc34)C(=O)NC2=O)c2ccccc12. The Morgan fingerprint density at radius 2 is 1.85 bits per heavy atom. The third kappa shape index (κ3) is 3.32. The first kappa shape index (κ1) is 20.7. The second kappa shape index (κ2) is 8.07. The van der Waals surface area contributed by atoms with Crippen molar-refractivity contribution in [2.24, 2.45) is 0 Å². The Hall–Kier alpha value is -4.17. The van der Waals surface area contributed by atoms with Gasteiger partial charge in [-0.15, -0.1) is 0 Å². The summed E-state index contributed by atoms with van der Waals surface area (Å²) in [5.74, 6) is -1.14. The van der Waals surface area contributed by atoms with Crippen molar-refractivity contribution in [1.29, 1.82) is 0 Å². The predicted molar refractivity (Wildman–Crippen MR) is 128 cm³/mol. The summed E-state index contributed by atoms with van der Waals surface area (Å²) in [5, 5.41) is 9.95. The third-order valence-corrected chi connectivity index (χ3v) is 6.03. The van der Waals surface area contributed by atoms with E-state index < -0.39 is 11.8 Å². The number of nitrogens with one attached hydrogen (secondary N) is 4. The van der Waals surface area contributed by atoms with Gasteiger partial charge in [0.15, 0.2) is 0 Å². The minimum Gasteiger partial charge on any atom is -0.361 e. The molecule has 33 heavy (non-hydrogen) atoms. The molecule has 166 valence electrons. The first-order valence-electron chi connectivity index (χ1n) is 10.7. The molecule has 5 rings (SSSR count). The molecule has 0 radical (unpaired) electrons. The van der Waals surface area contributed by atoms with Gasteiger partial charge in [0.25, 0.3) is 17.7 Å². The monoisotopic (exact) mass is 441 g/mol. The molecule has 1 aliphatic rings. The third-order valence-electron chi connectivity index (χ3n) is 6.03. The minimum atomic E-state index is -0.462. The summed E-state index contributed by atoms with van der Waals surface area (Å²) in [6, 6.07) is 13.1. The summed E-state index contributed by atoms with van der Waals surface area (Å²) in [5.41, 5.74) is 4.30. The molecule has 4 N–H and O–H groups in total. The molecule has 8 heteroatoms. The molecule has 0 fully saturated rings. The Bertz CT molecular complexity index is 1470. The molecule has 8 nitrogen and oxygen atoms in total. The fraction of sp³-hybridized carbons (Fsp3) is 0.160. The van der Waals surface area contributed by atoms with E-state index in [1.807, 2.05) is 37.5 Å². The van der Waals surface area contributed by atoms with Crippen molar-refractivity contribution in [3.63, 3.8) is 0 Å². The summed E-state index contributed by atoms with van der Waals surface area (Å²) in [6.45, 7) is 0.787. The van der Waals surface area contributed by atoms with Crippen molar-refractivity contribution in [3.8, 4) is 0 Å². The molecule has 0 unspecified atom stereocenters. The first-order valence-corrected chi connectivity index (χ1v) is 10.7. The van der Waals surface area contributed by atoms with Crippen LogP contribution < -0.4 is 16.0 Å². The van der Waals surface area contributed by atoms with Crippen LogP contribution in [-0.2, 0) is 16.0 Å². The summed E-state index contributed by atoms with van der Waals surface area (Å²) in [4.78, 5) is 41.3. The largest absolute Gasteiger partial charge is 0.361 e. The van der Waals surface area contributed by atoms with Gasteiger partial charge in [0.05, 0.1) is 11.1 Å². The second-order valence-electron chi connectivity index (χ2n) is 7.94. The molecule has 0 atom stereocenters. The highest BCUT2D eigenvalue weighted by Gasteiger charge is 2.34. The van der Waals surface area contributed by atoms with Crippen molar-refractivity contribution in [1.82, 2.24) is 25.5 Å². The average molecular weight is 441 g/mol. The van der Waals surface area contributed by atoms with Gasteiger partial charge in [-0.25, -0.2) is 0 Å². The van der Waals surface area contributed by atoms with Crippen LogP contribution in [-0.4, -0.2) is 47.9 Å². The molecule has 2 aromatic heterocycles. The van der Waals surface area contributed by atoms with E-state index in [1.165, 1.54) is 0 Å². The number of aromatic nitrogens is 2.